The molecule has 3 heterocycles. The van der Waals surface area contributed by atoms with Gasteiger partial charge in [0, 0.05) is 42.8 Å². The van der Waals surface area contributed by atoms with Crippen molar-refractivity contribution in [2.45, 2.75) is 18.0 Å². The molecule has 1 N–H and O–H groups in total. The highest BCUT2D eigenvalue weighted by atomic mass is 32.2. The Labute approximate surface area is 163 Å². The van der Waals surface area contributed by atoms with Crippen molar-refractivity contribution in [3.8, 4) is 0 Å². The Morgan fingerprint density at radius 1 is 1.15 bits per heavy atom. The van der Waals surface area contributed by atoms with Crippen LogP contribution in [-0.2, 0) is 0 Å². The van der Waals surface area contributed by atoms with E-state index in [4.69, 9.17) is 4.99 Å². The van der Waals surface area contributed by atoms with E-state index in [0.717, 1.165) is 37.7 Å². The number of piperazine rings is 1. The Bertz CT molecular complexity index is 915. The van der Waals surface area contributed by atoms with Gasteiger partial charge in [-0.15, -0.1) is 11.8 Å². The Morgan fingerprint density at radius 2 is 1.85 bits per heavy atom. The highest BCUT2D eigenvalue weighted by Crippen LogP contribution is 2.27. The van der Waals surface area contributed by atoms with Crippen molar-refractivity contribution < 1.29 is 0 Å². The number of hydrogen-bond acceptors (Lipinski definition) is 7. The average molecular weight is 385 g/mol. The number of nitrogens with one attached hydrogen (secondary N) is 1. The van der Waals surface area contributed by atoms with Crippen molar-refractivity contribution in [3.05, 3.63) is 51.9 Å². The van der Waals surface area contributed by atoms with Crippen LogP contribution in [0.5, 0.6) is 0 Å². The third-order valence-corrected chi connectivity index (χ3v) is 5.75. The topological polar surface area (TPSA) is 65.8 Å². The summed E-state index contributed by atoms with van der Waals surface area (Å²) < 4.78 is 1.64. The molecule has 27 heavy (non-hydrogen) atoms. The van der Waals surface area contributed by atoms with Crippen LogP contribution in [0, 0.1) is 6.92 Å². The first kappa shape index (κ1) is 18.1. The quantitative estimate of drug-likeness (QED) is 0.797. The Kier molecular flexibility index (Phi) is 4.92. The smallest absolute Gasteiger partial charge is 0.257 e. The Hall–Kier alpha value is -2.32. The molecule has 0 aliphatic carbocycles. The van der Waals surface area contributed by atoms with E-state index in [1.807, 2.05) is 19.1 Å². The second-order valence-electron chi connectivity index (χ2n) is 6.94. The summed E-state index contributed by atoms with van der Waals surface area (Å²) in [4.78, 5) is 27.9. The zero-order valence-corrected chi connectivity index (χ0v) is 16.7. The molecule has 142 valence electrons. The van der Waals surface area contributed by atoms with Gasteiger partial charge >= 0.3 is 0 Å². The fourth-order valence-corrected chi connectivity index (χ4v) is 3.82. The average Bonchev–Trinajstić information content (AvgIpc) is 2.67. The molecule has 1 aromatic carbocycles. The van der Waals surface area contributed by atoms with E-state index in [2.05, 4.69) is 45.5 Å². The third-order valence-electron chi connectivity index (χ3n) is 5.01. The maximum absolute atomic E-state index is 12.7. The number of guanidine groups is 1. The highest BCUT2D eigenvalue weighted by Gasteiger charge is 2.28. The number of benzene rings is 1. The number of anilines is 1. The van der Waals surface area contributed by atoms with Gasteiger partial charge in [-0.3, -0.25) is 14.7 Å². The first-order valence-corrected chi connectivity index (χ1v) is 10.3. The van der Waals surface area contributed by atoms with Crippen LogP contribution in [-0.4, -0.2) is 64.8 Å². The molecule has 0 amide bonds. The molecule has 0 radical (unpaired) electrons. The number of likely N-dealkylation sites (N-methyl/N-ethyl adjacent to an activating group) is 1. The predicted molar refractivity (Wildman–Crippen MR) is 110 cm³/mol. The highest BCUT2D eigenvalue weighted by molar-refractivity contribution is 7.98. The first-order chi connectivity index (χ1) is 13.0. The van der Waals surface area contributed by atoms with E-state index in [1.165, 1.54) is 4.90 Å². The first-order valence-electron chi connectivity index (χ1n) is 9.07. The predicted octanol–water partition coefficient (Wildman–Crippen LogP) is 1.85. The number of aryl methyl sites for hydroxylation is 1. The van der Waals surface area contributed by atoms with Crippen LogP contribution in [0.4, 0.5) is 5.95 Å². The molecule has 0 spiro atoms. The van der Waals surface area contributed by atoms with E-state index < -0.39 is 6.17 Å². The van der Waals surface area contributed by atoms with E-state index in [1.54, 1.807) is 22.4 Å². The second-order valence-corrected chi connectivity index (χ2v) is 7.82. The lowest BCUT2D eigenvalue weighted by atomic mass is 10.1. The second kappa shape index (κ2) is 7.36. The minimum Gasteiger partial charge on any atom is -0.340 e. The summed E-state index contributed by atoms with van der Waals surface area (Å²) in [5, 5.41) is 3.29. The SMILES string of the molecule is CSc1ccc([C@@H]2N=C(N3CCN(C)CC3)Nc3nc(C)cc(=O)n32)cc1. The summed E-state index contributed by atoms with van der Waals surface area (Å²) >= 11 is 1.70. The van der Waals surface area contributed by atoms with Gasteiger partial charge in [0.25, 0.3) is 5.56 Å². The van der Waals surface area contributed by atoms with Gasteiger partial charge in [-0.25, -0.2) is 9.98 Å². The van der Waals surface area contributed by atoms with Crippen molar-refractivity contribution in [1.82, 2.24) is 19.4 Å². The van der Waals surface area contributed by atoms with Crippen molar-refractivity contribution >= 4 is 23.7 Å². The van der Waals surface area contributed by atoms with Crippen LogP contribution in [0.25, 0.3) is 0 Å². The summed E-state index contributed by atoms with van der Waals surface area (Å²) in [5.74, 6) is 1.35. The Morgan fingerprint density at radius 3 is 2.52 bits per heavy atom. The molecule has 2 aliphatic heterocycles. The van der Waals surface area contributed by atoms with E-state index in [-0.39, 0.29) is 5.56 Å². The summed E-state index contributed by atoms with van der Waals surface area (Å²) in [6, 6.07) is 9.79. The van der Waals surface area contributed by atoms with Crippen LogP contribution < -0.4 is 10.9 Å². The summed E-state index contributed by atoms with van der Waals surface area (Å²) in [6.07, 6.45) is 1.64. The maximum Gasteiger partial charge on any atom is 0.257 e. The van der Waals surface area contributed by atoms with Gasteiger partial charge in [0.05, 0.1) is 0 Å². The minimum atomic E-state index is -0.410. The van der Waals surface area contributed by atoms with Gasteiger partial charge in [-0.1, -0.05) is 12.1 Å². The normalized spacial score (nSPS) is 20.0. The molecular weight excluding hydrogens is 360 g/mol. The number of aromatic nitrogens is 2. The molecule has 1 aromatic heterocycles. The molecule has 8 heteroatoms. The lowest BCUT2D eigenvalue weighted by molar-refractivity contribution is 0.213. The number of nitrogens with zero attached hydrogens (tertiary/aromatic N) is 5. The molecule has 2 aromatic rings. The van der Waals surface area contributed by atoms with Gasteiger partial charge in [0.1, 0.15) is 0 Å². The fraction of sp³-hybridized carbons (Fsp3) is 0.421. The van der Waals surface area contributed by atoms with Crippen molar-refractivity contribution in [2.75, 3.05) is 44.8 Å². The minimum absolute atomic E-state index is 0.0925. The summed E-state index contributed by atoms with van der Waals surface area (Å²) in [7, 11) is 2.13. The monoisotopic (exact) mass is 384 g/mol. The van der Waals surface area contributed by atoms with E-state index in [9.17, 15) is 4.79 Å². The zero-order chi connectivity index (χ0) is 19.0. The molecule has 1 saturated heterocycles. The van der Waals surface area contributed by atoms with Crippen LogP contribution in [0.1, 0.15) is 17.4 Å². The van der Waals surface area contributed by atoms with Crippen LogP contribution in [0.3, 0.4) is 0 Å². The molecule has 7 nitrogen and oxygen atoms in total. The molecule has 1 fully saturated rings. The zero-order valence-electron chi connectivity index (χ0n) is 15.8. The number of hydrogen-bond donors (Lipinski definition) is 1. The fourth-order valence-electron chi connectivity index (χ4n) is 3.41. The molecule has 0 saturated carbocycles. The number of rotatable bonds is 2. The molecule has 0 bridgehead atoms. The third kappa shape index (κ3) is 3.59. The number of aliphatic imine (C=N–C) groups is 1. The van der Waals surface area contributed by atoms with Gasteiger partial charge in [0.2, 0.25) is 11.9 Å². The van der Waals surface area contributed by atoms with Gasteiger partial charge < -0.3 is 9.80 Å². The van der Waals surface area contributed by atoms with Gasteiger partial charge in [-0.2, -0.15) is 0 Å². The Balaban J connectivity index is 1.77. The van der Waals surface area contributed by atoms with E-state index >= 15 is 0 Å². The van der Waals surface area contributed by atoms with E-state index in [0.29, 0.717) is 11.6 Å². The number of fused-ring (bicyclic) bond motifs is 1. The van der Waals surface area contributed by atoms with Crippen molar-refractivity contribution in [1.29, 1.82) is 0 Å². The summed E-state index contributed by atoms with van der Waals surface area (Å²) in [6.45, 7) is 5.62. The molecule has 0 unspecified atom stereocenters. The van der Waals surface area contributed by atoms with Gasteiger partial charge in [0.15, 0.2) is 6.17 Å². The maximum atomic E-state index is 12.7. The molecule has 4 rings (SSSR count). The largest absolute Gasteiger partial charge is 0.340 e. The van der Waals surface area contributed by atoms with Gasteiger partial charge in [-0.05, 0) is 37.9 Å². The van der Waals surface area contributed by atoms with Crippen LogP contribution in [0.2, 0.25) is 0 Å². The van der Waals surface area contributed by atoms with Crippen LogP contribution >= 0.6 is 11.8 Å². The molecule has 2 aliphatic rings. The van der Waals surface area contributed by atoms with Crippen molar-refractivity contribution in [3.63, 3.8) is 0 Å². The molecule has 1 atom stereocenters. The summed E-state index contributed by atoms with van der Waals surface area (Å²) in [5.41, 5.74) is 1.59. The van der Waals surface area contributed by atoms with Crippen molar-refractivity contribution in [2.24, 2.45) is 4.99 Å². The lowest BCUT2D eigenvalue weighted by Crippen LogP contribution is -2.51. The lowest BCUT2D eigenvalue weighted by Gasteiger charge is -2.37. The molecular formula is C19H24N6OS. The van der Waals surface area contributed by atoms with Crippen LogP contribution in [0.15, 0.2) is 45.0 Å². The number of thioether (sulfide) groups is 1. The standard InChI is InChI=1S/C19H24N6OS/c1-13-12-16(26)25-17(14-4-6-15(27-3)7-5-14)21-18(22-19(25)20-13)24-10-8-23(2)9-11-24/h4-7,12,17H,8-11H2,1-3H3,(H,20,21,22)/t17-/m1/s1.